The molecule has 0 bridgehead atoms. The highest BCUT2D eigenvalue weighted by Crippen LogP contribution is 2.29. The SMILES string of the molecule is O=C(COc1ccccn1)Nc1ccc(C(F)(F)F)cc1. The number of hydrogen-bond acceptors (Lipinski definition) is 3. The Kier molecular flexibility index (Phi) is 4.42. The third-order valence-electron chi connectivity index (χ3n) is 2.48. The Labute approximate surface area is 118 Å². The van der Waals surface area contributed by atoms with Crippen LogP contribution in [0.1, 0.15) is 5.56 Å². The van der Waals surface area contributed by atoms with Crippen molar-refractivity contribution in [2.24, 2.45) is 0 Å². The van der Waals surface area contributed by atoms with Gasteiger partial charge in [0.25, 0.3) is 5.91 Å². The molecule has 0 aliphatic rings. The van der Waals surface area contributed by atoms with Gasteiger partial charge in [0.05, 0.1) is 5.56 Å². The number of nitrogens with zero attached hydrogens (tertiary/aromatic N) is 1. The van der Waals surface area contributed by atoms with Crippen molar-refractivity contribution in [3.05, 3.63) is 54.2 Å². The van der Waals surface area contributed by atoms with Crippen LogP contribution in [0.3, 0.4) is 0 Å². The normalized spacial score (nSPS) is 11.0. The Hall–Kier alpha value is -2.57. The number of halogens is 3. The summed E-state index contributed by atoms with van der Waals surface area (Å²) in [5.74, 6) is -0.194. The smallest absolute Gasteiger partial charge is 0.416 e. The number of carbonyl (C=O) groups is 1. The summed E-state index contributed by atoms with van der Waals surface area (Å²) < 4.78 is 42.2. The van der Waals surface area contributed by atoms with Crippen molar-refractivity contribution in [2.75, 3.05) is 11.9 Å². The highest BCUT2D eigenvalue weighted by Gasteiger charge is 2.29. The van der Waals surface area contributed by atoms with Gasteiger partial charge in [-0.2, -0.15) is 13.2 Å². The van der Waals surface area contributed by atoms with Crippen LogP contribution in [0.4, 0.5) is 18.9 Å². The number of aromatic nitrogens is 1. The number of benzene rings is 1. The van der Waals surface area contributed by atoms with Crippen LogP contribution in [0.2, 0.25) is 0 Å². The van der Waals surface area contributed by atoms with Gasteiger partial charge in [-0.25, -0.2) is 4.98 Å². The minimum Gasteiger partial charge on any atom is -0.468 e. The topological polar surface area (TPSA) is 51.2 Å². The van der Waals surface area contributed by atoms with Crippen LogP contribution in [0.25, 0.3) is 0 Å². The molecule has 4 nitrogen and oxygen atoms in total. The molecule has 0 radical (unpaired) electrons. The van der Waals surface area contributed by atoms with Gasteiger partial charge in [0.2, 0.25) is 5.88 Å². The molecule has 21 heavy (non-hydrogen) atoms. The number of nitrogens with one attached hydrogen (secondary N) is 1. The summed E-state index contributed by atoms with van der Waals surface area (Å²) in [6.07, 6.45) is -2.88. The van der Waals surface area contributed by atoms with Crippen molar-refractivity contribution in [3.8, 4) is 5.88 Å². The number of hydrogen-bond donors (Lipinski definition) is 1. The first-order valence-electron chi connectivity index (χ1n) is 5.96. The van der Waals surface area contributed by atoms with E-state index in [1.165, 1.54) is 18.3 Å². The Morgan fingerprint density at radius 1 is 1.14 bits per heavy atom. The molecule has 0 atom stereocenters. The zero-order valence-corrected chi connectivity index (χ0v) is 10.7. The molecule has 1 heterocycles. The van der Waals surface area contributed by atoms with Gasteiger partial charge in [0, 0.05) is 18.0 Å². The van der Waals surface area contributed by atoms with E-state index in [1.54, 1.807) is 18.2 Å². The molecule has 0 aliphatic carbocycles. The summed E-state index contributed by atoms with van der Waals surface area (Å²) in [4.78, 5) is 15.5. The molecule has 0 saturated carbocycles. The second-order valence-corrected chi connectivity index (χ2v) is 4.08. The molecule has 7 heteroatoms. The Bertz CT molecular complexity index is 598. The lowest BCUT2D eigenvalue weighted by Gasteiger charge is -2.09. The molecule has 0 saturated heterocycles. The van der Waals surface area contributed by atoms with Crippen LogP contribution in [0.5, 0.6) is 5.88 Å². The van der Waals surface area contributed by atoms with E-state index >= 15 is 0 Å². The molecule has 0 spiro atoms. The first-order chi connectivity index (χ1) is 9.95. The maximum absolute atomic E-state index is 12.4. The maximum Gasteiger partial charge on any atom is 0.416 e. The second kappa shape index (κ2) is 6.25. The molecular weight excluding hydrogens is 285 g/mol. The average molecular weight is 296 g/mol. The van der Waals surface area contributed by atoms with Crippen molar-refractivity contribution < 1.29 is 22.7 Å². The minimum absolute atomic E-state index is 0.262. The van der Waals surface area contributed by atoms with Gasteiger partial charge in [0.15, 0.2) is 6.61 Å². The van der Waals surface area contributed by atoms with Gasteiger partial charge in [0.1, 0.15) is 0 Å². The first-order valence-corrected chi connectivity index (χ1v) is 5.96. The predicted octanol–water partition coefficient (Wildman–Crippen LogP) is 3.12. The van der Waals surface area contributed by atoms with E-state index < -0.39 is 17.6 Å². The van der Waals surface area contributed by atoms with Gasteiger partial charge in [-0.1, -0.05) is 6.07 Å². The summed E-state index contributed by atoms with van der Waals surface area (Å²) in [6, 6.07) is 9.16. The summed E-state index contributed by atoms with van der Waals surface area (Å²) in [7, 11) is 0. The Morgan fingerprint density at radius 3 is 2.43 bits per heavy atom. The van der Waals surface area contributed by atoms with Crippen LogP contribution < -0.4 is 10.1 Å². The van der Waals surface area contributed by atoms with Gasteiger partial charge in [-0.3, -0.25) is 4.79 Å². The fraction of sp³-hybridized carbons (Fsp3) is 0.143. The lowest BCUT2D eigenvalue weighted by atomic mass is 10.2. The molecule has 0 unspecified atom stereocenters. The summed E-state index contributed by atoms with van der Waals surface area (Å²) in [5.41, 5.74) is -0.511. The predicted molar refractivity (Wildman–Crippen MR) is 69.8 cm³/mol. The fourth-order valence-electron chi connectivity index (χ4n) is 1.51. The second-order valence-electron chi connectivity index (χ2n) is 4.08. The number of alkyl halides is 3. The van der Waals surface area contributed by atoms with E-state index in [1.807, 2.05) is 0 Å². The Morgan fingerprint density at radius 2 is 1.86 bits per heavy atom. The lowest BCUT2D eigenvalue weighted by molar-refractivity contribution is -0.137. The number of amides is 1. The minimum atomic E-state index is -4.40. The molecule has 0 aliphatic heterocycles. The summed E-state index contributed by atoms with van der Waals surface area (Å²) >= 11 is 0. The van der Waals surface area contributed by atoms with Crippen molar-refractivity contribution in [2.45, 2.75) is 6.18 Å². The summed E-state index contributed by atoms with van der Waals surface area (Å²) in [5, 5.41) is 2.43. The van der Waals surface area contributed by atoms with Crippen molar-refractivity contribution >= 4 is 11.6 Å². The molecule has 1 aromatic carbocycles. The monoisotopic (exact) mass is 296 g/mol. The molecule has 1 N–H and O–H groups in total. The van der Waals surface area contributed by atoms with Gasteiger partial charge >= 0.3 is 6.18 Å². The number of carbonyl (C=O) groups excluding carboxylic acids is 1. The Balaban J connectivity index is 1.88. The first kappa shape index (κ1) is 14.8. The molecular formula is C14H11F3N2O2. The third-order valence-corrected chi connectivity index (χ3v) is 2.48. The average Bonchev–Trinajstić information content (AvgIpc) is 2.46. The lowest BCUT2D eigenvalue weighted by Crippen LogP contribution is -2.20. The highest BCUT2D eigenvalue weighted by molar-refractivity contribution is 5.91. The number of pyridine rings is 1. The van der Waals surface area contributed by atoms with Crippen LogP contribution in [0.15, 0.2) is 48.7 Å². The number of ether oxygens (including phenoxy) is 1. The van der Waals surface area contributed by atoms with Crippen molar-refractivity contribution in [3.63, 3.8) is 0 Å². The third kappa shape index (κ3) is 4.48. The van der Waals surface area contributed by atoms with Crippen LogP contribution >= 0.6 is 0 Å². The molecule has 1 aromatic heterocycles. The fourth-order valence-corrected chi connectivity index (χ4v) is 1.51. The van der Waals surface area contributed by atoms with Crippen molar-refractivity contribution in [1.29, 1.82) is 0 Å². The highest BCUT2D eigenvalue weighted by atomic mass is 19.4. The van der Waals surface area contributed by atoms with Gasteiger partial charge in [-0.05, 0) is 30.3 Å². The molecule has 2 rings (SSSR count). The zero-order chi connectivity index (χ0) is 15.3. The summed E-state index contributed by atoms with van der Waals surface area (Å²) in [6.45, 7) is -0.280. The van der Waals surface area contributed by atoms with E-state index in [4.69, 9.17) is 4.74 Å². The molecule has 1 amide bonds. The van der Waals surface area contributed by atoms with E-state index in [9.17, 15) is 18.0 Å². The largest absolute Gasteiger partial charge is 0.468 e. The van der Waals surface area contributed by atoms with Crippen LogP contribution in [-0.2, 0) is 11.0 Å². The van der Waals surface area contributed by atoms with E-state index in [2.05, 4.69) is 10.3 Å². The standard InChI is InChI=1S/C14H11F3N2O2/c15-14(16,17)10-4-6-11(7-5-10)19-12(20)9-21-13-3-1-2-8-18-13/h1-8H,9H2,(H,19,20). The van der Waals surface area contributed by atoms with E-state index in [0.717, 1.165) is 12.1 Å². The van der Waals surface area contributed by atoms with Gasteiger partial charge in [-0.15, -0.1) is 0 Å². The maximum atomic E-state index is 12.4. The number of rotatable bonds is 4. The van der Waals surface area contributed by atoms with Gasteiger partial charge < -0.3 is 10.1 Å². The molecule has 2 aromatic rings. The van der Waals surface area contributed by atoms with Crippen molar-refractivity contribution in [1.82, 2.24) is 4.98 Å². The molecule has 0 fully saturated rings. The number of anilines is 1. The van der Waals surface area contributed by atoms with E-state index in [-0.39, 0.29) is 12.3 Å². The quantitative estimate of drug-likeness (QED) is 0.943. The van der Waals surface area contributed by atoms with E-state index in [0.29, 0.717) is 5.88 Å². The zero-order valence-electron chi connectivity index (χ0n) is 10.7. The van der Waals surface area contributed by atoms with Crippen LogP contribution in [-0.4, -0.2) is 17.5 Å². The van der Waals surface area contributed by atoms with Crippen LogP contribution in [0, 0.1) is 0 Å². The molecule has 110 valence electrons.